The van der Waals surface area contributed by atoms with Crippen LogP contribution in [0.3, 0.4) is 0 Å². The first-order valence-electron chi connectivity index (χ1n) is 8.59. The Morgan fingerprint density at radius 3 is 2.58 bits per heavy atom. The number of amides is 1. The first kappa shape index (κ1) is 20.2. The summed E-state index contributed by atoms with van der Waals surface area (Å²) in [5.41, 5.74) is 7.64. The van der Waals surface area contributed by atoms with Crippen LogP contribution < -0.4 is 15.8 Å². The van der Waals surface area contributed by atoms with E-state index in [2.05, 4.69) is 5.32 Å². The molecule has 2 aromatic carbocycles. The summed E-state index contributed by atoms with van der Waals surface area (Å²) < 4.78 is 18.8. The van der Waals surface area contributed by atoms with Gasteiger partial charge >= 0.3 is 0 Å². The van der Waals surface area contributed by atoms with Crippen molar-refractivity contribution in [2.75, 3.05) is 0 Å². The van der Waals surface area contributed by atoms with E-state index in [9.17, 15) is 9.18 Å². The van der Waals surface area contributed by atoms with Crippen molar-refractivity contribution < 1.29 is 13.9 Å². The van der Waals surface area contributed by atoms with E-state index >= 15 is 0 Å². The van der Waals surface area contributed by atoms with Gasteiger partial charge in [0.15, 0.2) is 0 Å². The minimum atomic E-state index is -0.268. The molecule has 2 atom stereocenters. The topological polar surface area (TPSA) is 64.4 Å². The van der Waals surface area contributed by atoms with Gasteiger partial charge in [-0.15, -0.1) is 12.4 Å². The Morgan fingerprint density at radius 1 is 1.15 bits per heavy atom. The summed E-state index contributed by atoms with van der Waals surface area (Å²) in [7, 11) is 0. The Labute approximate surface area is 159 Å². The molecular formula is C20H24ClFN2O2. The zero-order valence-electron chi connectivity index (χ0n) is 14.5. The number of hydrogen-bond donors (Lipinski definition) is 2. The lowest BCUT2D eigenvalue weighted by atomic mass is 10.1. The van der Waals surface area contributed by atoms with Crippen LogP contribution in [0.2, 0.25) is 0 Å². The number of hydrogen-bond acceptors (Lipinski definition) is 3. The van der Waals surface area contributed by atoms with Crippen LogP contribution in [-0.2, 0) is 17.9 Å². The predicted molar refractivity (Wildman–Crippen MR) is 102 cm³/mol. The maximum Gasteiger partial charge on any atom is 0.223 e. The Balaban J connectivity index is 0.00000243. The third-order valence-electron chi connectivity index (χ3n) is 4.53. The van der Waals surface area contributed by atoms with E-state index in [1.807, 2.05) is 30.3 Å². The molecule has 3 N–H and O–H groups in total. The molecule has 0 spiro atoms. The second-order valence-electron chi connectivity index (χ2n) is 6.55. The van der Waals surface area contributed by atoms with Crippen LogP contribution in [0.1, 0.15) is 30.4 Å². The van der Waals surface area contributed by atoms with Gasteiger partial charge in [-0.05, 0) is 54.7 Å². The molecule has 2 aromatic rings. The van der Waals surface area contributed by atoms with Gasteiger partial charge in [-0.25, -0.2) is 4.39 Å². The van der Waals surface area contributed by atoms with Crippen molar-refractivity contribution in [3.63, 3.8) is 0 Å². The highest BCUT2D eigenvalue weighted by Crippen LogP contribution is 2.24. The third-order valence-corrected chi connectivity index (χ3v) is 4.53. The zero-order chi connectivity index (χ0) is 17.6. The highest BCUT2D eigenvalue weighted by atomic mass is 35.5. The summed E-state index contributed by atoms with van der Waals surface area (Å²) in [4.78, 5) is 12.1. The van der Waals surface area contributed by atoms with Gasteiger partial charge in [0.25, 0.3) is 0 Å². The van der Waals surface area contributed by atoms with Crippen molar-refractivity contribution >= 4 is 18.3 Å². The first-order valence-corrected chi connectivity index (χ1v) is 8.59. The number of carbonyl (C=O) groups is 1. The minimum Gasteiger partial charge on any atom is -0.489 e. The van der Waals surface area contributed by atoms with Crippen molar-refractivity contribution in [3.05, 3.63) is 65.5 Å². The fourth-order valence-electron chi connectivity index (χ4n) is 3.09. The van der Waals surface area contributed by atoms with E-state index in [0.29, 0.717) is 18.9 Å². The lowest BCUT2D eigenvalue weighted by Crippen LogP contribution is -2.29. The minimum absolute atomic E-state index is 0. The summed E-state index contributed by atoms with van der Waals surface area (Å²) in [6.07, 6.45) is 2.58. The van der Waals surface area contributed by atoms with Gasteiger partial charge in [0.05, 0.1) is 0 Å². The van der Waals surface area contributed by atoms with Crippen molar-refractivity contribution in [3.8, 4) is 5.75 Å². The molecule has 0 radical (unpaired) electrons. The summed E-state index contributed by atoms with van der Waals surface area (Å²) >= 11 is 0. The lowest BCUT2D eigenvalue weighted by molar-refractivity contribution is -0.125. The SMILES string of the molecule is Cl.NC1CCC(C(=O)NCc2ccc(OCc3cccc(F)c3)cc2)C1. The van der Waals surface area contributed by atoms with Crippen LogP contribution in [0.15, 0.2) is 48.5 Å². The van der Waals surface area contributed by atoms with Crippen LogP contribution in [0.4, 0.5) is 4.39 Å². The molecule has 0 heterocycles. The molecule has 0 saturated heterocycles. The van der Waals surface area contributed by atoms with Crippen LogP contribution >= 0.6 is 12.4 Å². The largest absolute Gasteiger partial charge is 0.489 e. The van der Waals surface area contributed by atoms with E-state index in [-0.39, 0.29) is 36.1 Å². The average molecular weight is 379 g/mol. The first-order chi connectivity index (χ1) is 12.1. The van der Waals surface area contributed by atoms with E-state index in [0.717, 1.165) is 30.4 Å². The Bertz CT molecular complexity index is 724. The molecule has 2 unspecified atom stereocenters. The van der Waals surface area contributed by atoms with Gasteiger partial charge in [0.1, 0.15) is 18.2 Å². The predicted octanol–water partition coefficient (Wildman–Crippen LogP) is 3.57. The van der Waals surface area contributed by atoms with Crippen LogP contribution in [0.25, 0.3) is 0 Å². The molecule has 0 aliphatic heterocycles. The molecule has 1 aliphatic carbocycles. The smallest absolute Gasteiger partial charge is 0.223 e. The Morgan fingerprint density at radius 2 is 1.92 bits per heavy atom. The molecule has 1 aliphatic rings. The molecule has 26 heavy (non-hydrogen) atoms. The number of benzene rings is 2. The highest BCUT2D eigenvalue weighted by Gasteiger charge is 2.27. The summed E-state index contributed by atoms with van der Waals surface area (Å²) in [5.74, 6) is 0.569. The molecule has 140 valence electrons. The van der Waals surface area contributed by atoms with E-state index < -0.39 is 0 Å². The number of carbonyl (C=O) groups excluding carboxylic acids is 1. The van der Waals surface area contributed by atoms with Gasteiger partial charge < -0.3 is 15.8 Å². The number of nitrogens with one attached hydrogen (secondary N) is 1. The molecule has 4 nitrogen and oxygen atoms in total. The zero-order valence-corrected chi connectivity index (χ0v) is 15.3. The average Bonchev–Trinajstić information content (AvgIpc) is 3.05. The monoisotopic (exact) mass is 378 g/mol. The van der Waals surface area contributed by atoms with Crippen molar-refractivity contribution in [2.45, 2.75) is 38.5 Å². The summed E-state index contributed by atoms with van der Waals surface area (Å²) in [6.45, 7) is 0.810. The van der Waals surface area contributed by atoms with Gasteiger partial charge in [-0.1, -0.05) is 24.3 Å². The molecular weight excluding hydrogens is 355 g/mol. The molecule has 1 saturated carbocycles. The van der Waals surface area contributed by atoms with Gasteiger partial charge in [-0.3, -0.25) is 4.79 Å². The quantitative estimate of drug-likeness (QED) is 0.807. The normalized spacial score (nSPS) is 18.8. The summed E-state index contributed by atoms with van der Waals surface area (Å²) in [6, 6.07) is 14.1. The van der Waals surface area contributed by atoms with Crippen molar-refractivity contribution in [1.82, 2.24) is 5.32 Å². The maximum absolute atomic E-state index is 13.1. The molecule has 6 heteroatoms. The van der Waals surface area contributed by atoms with Gasteiger partial charge in [0.2, 0.25) is 5.91 Å². The highest BCUT2D eigenvalue weighted by molar-refractivity contribution is 5.85. The molecule has 3 rings (SSSR count). The standard InChI is InChI=1S/C20H23FN2O2.ClH/c21-17-3-1-2-15(10-17)13-25-19-8-4-14(5-9-19)12-23-20(24)16-6-7-18(22)11-16;/h1-5,8-10,16,18H,6-7,11-13,22H2,(H,23,24);1H. The van der Waals surface area contributed by atoms with E-state index in [1.165, 1.54) is 12.1 Å². The third kappa shape index (κ3) is 5.71. The second kappa shape index (κ2) is 9.55. The Hall–Kier alpha value is -2.11. The lowest BCUT2D eigenvalue weighted by Gasteiger charge is -2.11. The number of rotatable bonds is 6. The van der Waals surface area contributed by atoms with Crippen LogP contribution in [0, 0.1) is 11.7 Å². The van der Waals surface area contributed by atoms with Crippen LogP contribution in [0.5, 0.6) is 5.75 Å². The number of halogens is 2. The number of nitrogens with two attached hydrogens (primary N) is 1. The van der Waals surface area contributed by atoms with Crippen LogP contribution in [-0.4, -0.2) is 11.9 Å². The molecule has 0 bridgehead atoms. The van der Waals surface area contributed by atoms with E-state index in [4.69, 9.17) is 10.5 Å². The fraction of sp³-hybridized carbons (Fsp3) is 0.350. The van der Waals surface area contributed by atoms with Gasteiger partial charge in [-0.2, -0.15) is 0 Å². The van der Waals surface area contributed by atoms with Gasteiger partial charge in [0, 0.05) is 18.5 Å². The number of ether oxygens (including phenoxy) is 1. The van der Waals surface area contributed by atoms with Crippen molar-refractivity contribution in [1.29, 1.82) is 0 Å². The maximum atomic E-state index is 13.1. The molecule has 0 aromatic heterocycles. The fourth-order valence-corrected chi connectivity index (χ4v) is 3.09. The molecule has 1 fully saturated rings. The second-order valence-corrected chi connectivity index (χ2v) is 6.55. The molecule has 1 amide bonds. The summed E-state index contributed by atoms with van der Waals surface area (Å²) in [5, 5.41) is 2.97. The van der Waals surface area contributed by atoms with Crippen molar-refractivity contribution in [2.24, 2.45) is 11.7 Å². The Kier molecular flexibility index (Phi) is 7.42. The van der Waals surface area contributed by atoms with E-state index in [1.54, 1.807) is 6.07 Å².